The van der Waals surface area contributed by atoms with Gasteiger partial charge in [-0.05, 0) is 47.2 Å². The average molecular weight is 308 g/mol. The molecule has 0 aliphatic rings. The zero-order valence-corrected chi connectivity index (χ0v) is 12.8. The van der Waals surface area contributed by atoms with Crippen molar-refractivity contribution in [3.05, 3.63) is 59.7 Å². The van der Waals surface area contributed by atoms with E-state index in [1.54, 1.807) is 6.07 Å². The van der Waals surface area contributed by atoms with Crippen LogP contribution in [0.3, 0.4) is 0 Å². The monoisotopic (exact) mass is 308 g/mol. The smallest absolute Gasteiger partial charge is 0.341 e. The molecular weight excluding hydrogens is 292 g/mol. The molecule has 0 aromatic heterocycles. The van der Waals surface area contributed by atoms with Crippen LogP contribution in [0.5, 0.6) is 11.5 Å². The largest absolute Gasteiger partial charge is 0.507 e. The zero-order chi connectivity index (χ0) is 16.6. The zero-order valence-electron chi connectivity index (χ0n) is 12.8. The maximum absolute atomic E-state index is 11.6. The number of hydrogen-bond donors (Lipinski definition) is 2. The van der Waals surface area contributed by atoms with E-state index in [1.165, 1.54) is 19.2 Å². The number of aromatic hydroxyl groups is 2. The molecule has 4 heteroatoms. The minimum atomic E-state index is -0.591. The van der Waals surface area contributed by atoms with Gasteiger partial charge in [-0.1, -0.05) is 30.3 Å². The Morgan fingerprint density at radius 1 is 1.04 bits per heavy atom. The van der Waals surface area contributed by atoms with Crippen LogP contribution in [0.15, 0.2) is 48.5 Å². The first-order valence-electron chi connectivity index (χ1n) is 7.16. The normalized spacial score (nSPS) is 10.7. The van der Waals surface area contributed by atoms with Gasteiger partial charge in [0.05, 0.1) is 7.11 Å². The number of benzene rings is 3. The minimum absolute atomic E-state index is 0.110. The molecule has 0 saturated carbocycles. The molecule has 3 aromatic carbocycles. The predicted octanol–water partition coefficient (Wildman–Crippen LogP) is 4.01. The van der Waals surface area contributed by atoms with E-state index in [9.17, 15) is 15.0 Å². The molecule has 0 spiro atoms. The van der Waals surface area contributed by atoms with Crippen molar-refractivity contribution in [3.63, 3.8) is 0 Å². The molecule has 0 fully saturated rings. The van der Waals surface area contributed by atoms with Gasteiger partial charge in [-0.25, -0.2) is 4.79 Å². The van der Waals surface area contributed by atoms with Crippen molar-refractivity contribution in [1.82, 2.24) is 0 Å². The number of phenols is 2. The molecule has 0 heterocycles. The summed E-state index contributed by atoms with van der Waals surface area (Å²) in [5.74, 6) is -0.525. The molecule has 0 aliphatic carbocycles. The topological polar surface area (TPSA) is 66.8 Å². The molecule has 0 aliphatic heterocycles. The fourth-order valence-corrected chi connectivity index (χ4v) is 2.71. The van der Waals surface area contributed by atoms with Crippen LogP contribution in [0, 0.1) is 6.92 Å². The Labute approximate surface area is 133 Å². The van der Waals surface area contributed by atoms with E-state index in [-0.39, 0.29) is 17.1 Å². The van der Waals surface area contributed by atoms with Crippen molar-refractivity contribution < 1.29 is 19.7 Å². The molecule has 0 radical (unpaired) electrons. The summed E-state index contributed by atoms with van der Waals surface area (Å²) in [6, 6.07) is 14.3. The number of rotatable bonds is 2. The van der Waals surface area contributed by atoms with E-state index in [0.717, 1.165) is 16.3 Å². The molecule has 0 bridgehead atoms. The number of esters is 1. The lowest BCUT2D eigenvalue weighted by molar-refractivity contribution is 0.0597. The van der Waals surface area contributed by atoms with Crippen molar-refractivity contribution in [1.29, 1.82) is 0 Å². The summed E-state index contributed by atoms with van der Waals surface area (Å²) in [7, 11) is 1.27. The number of carbonyl (C=O) groups excluding carboxylic acids is 1. The van der Waals surface area contributed by atoms with Gasteiger partial charge in [-0.2, -0.15) is 0 Å². The summed E-state index contributed by atoms with van der Waals surface area (Å²) in [6.45, 7) is 1.82. The van der Waals surface area contributed by atoms with Gasteiger partial charge < -0.3 is 14.9 Å². The van der Waals surface area contributed by atoms with Crippen LogP contribution >= 0.6 is 0 Å². The van der Waals surface area contributed by atoms with Crippen molar-refractivity contribution >= 4 is 16.7 Å². The summed E-state index contributed by atoms with van der Waals surface area (Å²) < 4.78 is 4.62. The Morgan fingerprint density at radius 3 is 2.48 bits per heavy atom. The van der Waals surface area contributed by atoms with Crippen LogP contribution < -0.4 is 0 Å². The fourth-order valence-electron chi connectivity index (χ4n) is 2.71. The van der Waals surface area contributed by atoms with E-state index in [4.69, 9.17) is 0 Å². The summed E-state index contributed by atoms with van der Waals surface area (Å²) in [5.41, 5.74) is 2.34. The molecule has 3 aromatic rings. The van der Waals surface area contributed by atoms with Gasteiger partial charge in [0.2, 0.25) is 0 Å². The first-order valence-corrected chi connectivity index (χ1v) is 7.16. The van der Waals surface area contributed by atoms with Gasteiger partial charge in [0.15, 0.2) is 0 Å². The van der Waals surface area contributed by atoms with Gasteiger partial charge in [0.25, 0.3) is 0 Å². The van der Waals surface area contributed by atoms with Gasteiger partial charge in [0.1, 0.15) is 17.1 Å². The number of carbonyl (C=O) groups is 1. The summed E-state index contributed by atoms with van der Waals surface area (Å²) in [4.78, 5) is 11.6. The second kappa shape index (κ2) is 5.65. The molecular formula is C19H16O4. The Hall–Kier alpha value is -3.01. The molecule has 0 amide bonds. The van der Waals surface area contributed by atoms with Crippen molar-refractivity contribution in [2.75, 3.05) is 7.11 Å². The molecule has 0 atom stereocenters. The second-order valence-corrected chi connectivity index (χ2v) is 5.34. The lowest BCUT2D eigenvalue weighted by Crippen LogP contribution is -2.01. The molecule has 116 valence electrons. The number of methoxy groups -OCH3 is 1. The Morgan fingerprint density at radius 2 is 1.78 bits per heavy atom. The summed E-state index contributed by atoms with van der Waals surface area (Å²) in [5, 5.41) is 22.2. The average Bonchev–Trinajstić information content (AvgIpc) is 2.57. The standard InChI is InChI=1S/C19H16O4/c1-11-16(9-12-5-3-4-6-14(12)18(11)21)13-7-8-15(17(20)10-13)19(22)23-2/h3-10,20-21H,1-2H3. The maximum atomic E-state index is 11.6. The third kappa shape index (κ3) is 2.48. The number of fused-ring (bicyclic) bond motifs is 1. The molecule has 23 heavy (non-hydrogen) atoms. The highest BCUT2D eigenvalue weighted by molar-refractivity contribution is 5.96. The fraction of sp³-hybridized carbons (Fsp3) is 0.105. The van der Waals surface area contributed by atoms with Crippen molar-refractivity contribution in [3.8, 4) is 22.6 Å². The van der Waals surface area contributed by atoms with Crippen LogP contribution in [0.4, 0.5) is 0 Å². The van der Waals surface area contributed by atoms with E-state index in [0.29, 0.717) is 11.1 Å². The molecule has 4 nitrogen and oxygen atoms in total. The third-order valence-corrected chi connectivity index (χ3v) is 3.99. The highest BCUT2D eigenvalue weighted by Gasteiger charge is 2.15. The predicted molar refractivity (Wildman–Crippen MR) is 88.8 cm³/mol. The Balaban J connectivity index is 2.19. The lowest BCUT2D eigenvalue weighted by Gasteiger charge is -2.12. The van der Waals surface area contributed by atoms with Crippen molar-refractivity contribution in [2.24, 2.45) is 0 Å². The lowest BCUT2D eigenvalue weighted by atomic mass is 9.94. The molecule has 0 unspecified atom stereocenters. The molecule has 3 rings (SSSR count). The SMILES string of the molecule is COC(=O)c1ccc(-c2cc3ccccc3c(O)c2C)cc1O. The van der Waals surface area contributed by atoms with Crippen LogP contribution in [-0.2, 0) is 4.74 Å². The van der Waals surface area contributed by atoms with Gasteiger partial charge in [-0.3, -0.25) is 0 Å². The first-order chi connectivity index (χ1) is 11.0. The van der Waals surface area contributed by atoms with Gasteiger partial charge in [-0.15, -0.1) is 0 Å². The van der Waals surface area contributed by atoms with E-state index in [1.807, 2.05) is 37.3 Å². The van der Waals surface area contributed by atoms with E-state index < -0.39 is 5.97 Å². The van der Waals surface area contributed by atoms with Gasteiger partial charge in [0, 0.05) is 5.39 Å². The number of hydrogen-bond acceptors (Lipinski definition) is 4. The van der Waals surface area contributed by atoms with Crippen molar-refractivity contribution in [2.45, 2.75) is 6.92 Å². The van der Waals surface area contributed by atoms with Crippen LogP contribution in [-0.4, -0.2) is 23.3 Å². The highest BCUT2D eigenvalue weighted by Crippen LogP contribution is 2.37. The highest BCUT2D eigenvalue weighted by atomic mass is 16.5. The summed E-state index contributed by atoms with van der Waals surface area (Å²) >= 11 is 0. The van der Waals surface area contributed by atoms with E-state index in [2.05, 4.69) is 4.74 Å². The Bertz CT molecular complexity index is 913. The summed E-state index contributed by atoms with van der Waals surface area (Å²) in [6.07, 6.45) is 0. The minimum Gasteiger partial charge on any atom is -0.507 e. The maximum Gasteiger partial charge on any atom is 0.341 e. The second-order valence-electron chi connectivity index (χ2n) is 5.34. The molecule has 0 saturated heterocycles. The quantitative estimate of drug-likeness (QED) is 0.702. The number of ether oxygens (including phenoxy) is 1. The van der Waals surface area contributed by atoms with Gasteiger partial charge >= 0.3 is 5.97 Å². The van der Waals surface area contributed by atoms with Crippen LogP contribution in [0.25, 0.3) is 21.9 Å². The molecule has 2 N–H and O–H groups in total. The van der Waals surface area contributed by atoms with Crippen LogP contribution in [0.1, 0.15) is 15.9 Å². The number of phenolic OH excluding ortho intramolecular Hbond substituents is 2. The first kappa shape index (κ1) is 14.9. The third-order valence-electron chi connectivity index (χ3n) is 3.99. The van der Waals surface area contributed by atoms with Crippen LogP contribution in [0.2, 0.25) is 0 Å². The Kier molecular flexibility index (Phi) is 3.66. The van der Waals surface area contributed by atoms with E-state index >= 15 is 0 Å².